The van der Waals surface area contributed by atoms with E-state index in [4.69, 9.17) is 0 Å². The van der Waals surface area contributed by atoms with Gasteiger partial charge in [0.15, 0.2) is 0 Å². The summed E-state index contributed by atoms with van der Waals surface area (Å²) in [6.45, 7) is 6.09. The van der Waals surface area contributed by atoms with Gasteiger partial charge in [0, 0.05) is 5.69 Å². The number of hydrogen-bond donors (Lipinski definition) is 2. The van der Waals surface area contributed by atoms with Crippen LogP contribution in [-0.2, 0) is 0 Å². The van der Waals surface area contributed by atoms with E-state index in [9.17, 15) is 9.90 Å². The van der Waals surface area contributed by atoms with Crippen molar-refractivity contribution in [3.8, 4) is 5.75 Å². The first-order chi connectivity index (χ1) is 9.47. The molecule has 2 aromatic rings. The van der Waals surface area contributed by atoms with Gasteiger partial charge in [-0.2, -0.15) is 0 Å². The quantitative estimate of drug-likeness (QED) is 0.882. The maximum Gasteiger partial charge on any atom is 0.259 e. The molecule has 3 nitrogen and oxygen atoms in total. The lowest BCUT2D eigenvalue weighted by atomic mass is 10.0. The Balaban J connectivity index is 2.23. The van der Waals surface area contributed by atoms with Crippen molar-refractivity contribution < 1.29 is 9.90 Å². The fourth-order valence-corrected chi connectivity index (χ4v) is 2.01. The summed E-state index contributed by atoms with van der Waals surface area (Å²) in [6, 6.07) is 12.7. The van der Waals surface area contributed by atoms with E-state index < -0.39 is 0 Å². The number of carbonyl (C=O) groups is 1. The first kappa shape index (κ1) is 14.1. The standard InChI is InChI=1S/C17H19NO2/c1-11(2)13-5-4-6-14(10-13)18-17(20)15-9-12(3)7-8-16(15)19/h4-11,19H,1-3H3,(H,18,20). The van der Waals surface area contributed by atoms with Crippen LogP contribution in [0.25, 0.3) is 0 Å². The molecule has 0 aliphatic heterocycles. The minimum atomic E-state index is -0.299. The molecule has 0 fully saturated rings. The van der Waals surface area contributed by atoms with E-state index in [0.29, 0.717) is 11.5 Å². The van der Waals surface area contributed by atoms with Gasteiger partial charge in [-0.15, -0.1) is 0 Å². The summed E-state index contributed by atoms with van der Waals surface area (Å²) in [4.78, 5) is 12.2. The van der Waals surface area contributed by atoms with E-state index in [1.165, 1.54) is 6.07 Å². The van der Waals surface area contributed by atoms with Gasteiger partial charge in [0.1, 0.15) is 5.75 Å². The monoisotopic (exact) mass is 269 g/mol. The van der Waals surface area contributed by atoms with Crippen LogP contribution in [0.4, 0.5) is 5.69 Å². The lowest BCUT2D eigenvalue weighted by molar-refractivity contribution is 0.102. The molecule has 0 aromatic heterocycles. The fraction of sp³-hybridized carbons (Fsp3) is 0.235. The van der Waals surface area contributed by atoms with Crippen LogP contribution in [0.5, 0.6) is 5.75 Å². The van der Waals surface area contributed by atoms with Crippen molar-refractivity contribution >= 4 is 11.6 Å². The van der Waals surface area contributed by atoms with E-state index in [2.05, 4.69) is 19.2 Å². The number of nitrogens with one attached hydrogen (secondary N) is 1. The number of rotatable bonds is 3. The molecule has 2 aromatic carbocycles. The molecule has 0 aliphatic rings. The minimum Gasteiger partial charge on any atom is -0.507 e. The van der Waals surface area contributed by atoms with Gasteiger partial charge in [0.05, 0.1) is 5.56 Å². The van der Waals surface area contributed by atoms with Gasteiger partial charge in [0.2, 0.25) is 0 Å². The third kappa shape index (κ3) is 3.18. The van der Waals surface area contributed by atoms with Gasteiger partial charge < -0.3 is 10.4 Å². The van der Waals surface area contributed by atoms with Crippen LogP contribution in [0.2, 0.25) is 0 Å². The third-order valence-corrected chi connectivity index (χ3v) is 3.21. The molecule has 2 rings (SSSR count). The Morgan fingerprint density at radius 2 is 1.90 bits per heavy atom. The lowest BCUT2D eigenvalue weighted by Crippen LogP contribution is -2.12. The number of aromatic hydroxyl groups is 1. The molecule has 0 spiro atoms. The highest BCUT2D eigenvalue weighted by atomic mass is 16.3. The van der Waals surface area contributed by atoms with Crippen LogP contribution < -0.4 is 5.32 Å². The topological polar surface area (TPSA) is 49.3 Å². The normalized spacial score (nSPS) is 10.6. The van der Waals surface area contributed by atoms with Crippen LogP contribution in [0.3, 0.4) is 0 Å². The number of amides is 1. The Morgan fingerprint density at radius 1 is 1.15 bits per heavy atom. The molecule has 104 valence electrons. The summed E-state index contributed by atoms with van der Waals surface area (Å²) in [6.07, 6.45) is 0. The Bertz CT molecular complexity index is 633. The average molecular weight is 269 g/mol. The average Bonchev–Trinajstić information content (AvgIpc) is 2.41. The zero-order valence-electron chi connectivity index (χ0n) is 12.0. The summed E-state index contributed by atoms with van der Waals surface area (Å²) in [5.41, 5.74) is 3.13. The van der Waals surface area contributed by atoms with Crippen LogP contribution in [-0.4, -0.2) is 11.0 Å². The molecular formula is C17H19NO2. The zero-order chi connectivity index (χ0) is 14.7. The summed E-state index contributed by atoms with van der Waals surface area (Å²) >= 11 is 0. The van der Waals surface area contributed by atoms with Crippen LogP contribution in [0.15, 0.2) is 42.5 Å². The largest absolute Gasteiger partial charge is 0.507 e. The molecular weight excluding hydrogens is 250 g/mol. The van der Waals surface area contributed by atoms with Crippen molar-refractivity contribution in [2.45, 2.75) is 26.7 Å². The maximum atomic E-state index is 12.2. The molecule has 0 saturated heterocycles. The predicted molar refractivity (Wildman–Crippen MR) is 81.3 cm³/mol. The van der Waals surface area contributed by atoms with Crippen molar-refractivity contribution in [2.75, 3.05) is 5.32 Å². The second-order valence-corrected chi connectivity index (χ2v) is 5.25. The highest BCUT2D eigenvalue weighted by Gasteiger charge is 2.12. The van der Waals surface area contributed by atoms with E-state index in [0.717, 1.165) is 16.8 Å². The molecule has 3 heteroatoms. The number of phenolic OH excluding ortho intramolecular Hbond substituents is 1. The van der Waals surface area contributed by atoms with Crippen molar-refractivity contribution in [3.63, 3.8) is 0 Å². The SMILES string of the molecule is Cc1ccc(O)c(C(=O)Nc2cccc(C(C)C)c2)c1. The first-order valence-corrected chi connectivity index (χ1v) is 6.68. The fourth-order valence-electron chi connectivity index (χ4n) is 2.01. The van der Waals surface area contributed by atoms with E-state index in [1.807, 2.05) is 31.2 Å². The number of hydrogen-bond acceptors (Lipinski definition) is 2. The highest BCUT2D eigenvalue weighted by Crippen LogP contribution is 2.22. The molecule has 20 heavy (non-hydrogen) atoms. The van der Waals surface area contributed by atoms with Gasteiger partial charge in [-0.3, -0.25) is 4.79 Å². The van der Waals surface area contributed by atoms with Crippen molar-refractivity contribution in [1.82, 2.24) is 0 Å². The summed E-state index contributed by atoms with van der Waals surface area (Å²) in [5.74, 6) is 0.0967. The molecule has 0 saturated carbocycles. The first-order valence-electron chi connectivity index (χ1n) is 6.68. The molecule has 1 amide bonds. The molecule has 0 bridgehead atoms. The maximum absolute atomic E-state index is 12.2. The number of carbonyl (C=O) groups excluding carboxylic acids is 1. The van der Waals surface area contributed by atoms with Gasteiger partial charge in [-0.05, 0) is 42.7 Å². The predicted octanol–water partition coefficient (Wildman–Crippen LogP) is 4.08. The van der Waals surface area contributed by atoms with Crippen molar-refractivity contribution in [3.05, 3.63) is 59.2 Å². The zero-order valence-corrected chi connectivity index (χ0v) is 12.0. The Morgan fingerprint density at radius 3 is 2.60 bits per heavy atom. The number of benzene rings is 2. The Labute approximate surface area is 119 Å². The summed E-state index contributed by atoms with van der Waals surface area (Å²) in [7, 11) is 0. The van der Waals surface area contributed by atoms with Gasteiger partial charge in [-0.25, -0.2) is 0 Å². The highest BCUT2D eigenvalue weighted by molar-refractivity contribution is 6.06. The molecule has 0 aliphatic carbocycles. The number of phenols is 1. The molecule has 2 N–H and O–H groups in total. The van der Waals surface area contributed by atoms with E-state index in [-0.39, 0.29) is 11.7 Å². The van der Waals surface area contributed by atoms with E-state index in [1.54, 1.807) is 12.1 Å². The summed E-state index contributed by atoms with van der Waals surface area (Å²) < 4.78 is 0. The van der Waals surface area contributed by atoms with Crippen LogP contribution in [0, 0.1) is 6.92 Å². The lowest BCUT2D eigenvalue weighted by Gasteiger charge is -2.10. The molecule has 0 atom stereocenters. The van der Waals surface area contributed by atoms with Crippen molar-refractivity contribution in [2.24, 2.45) is 0 Å². The molecule has 0 radical (unpaired) electrons. The number of anilines is 1. The van der Waals surface area contributed by atoms with Gasteiger partial charge in [0.25, 0.3) is 5.91 Å². The smallest absolute Gasteiger partial charge is 0.259 e. The van der Waals surface area contributed by atoms with E-state index >= 15 is 0 Å². The number of aryl methyl sites for hydroxylation is 1. The Hall–Kier alpha value is -2.29. The van der Waals surface area contributed by atoms with Gasteiger partial charge >= 0.3 is 0 Å². The minimum absolute atomic E-state index is 0.00638. The van der Waals surface area contributed by atoms with Crippen LogP contribution >= 0.6 is 0 Å². The van der Waals surface area contributed by atoms with Crippen LogP contribution in [0.1, 0.15) is 41.3 Å². The third-order valence-electron chi connectivity index (χ3n) is 3.21. The van der Waals surface area contributed by atoms with Gasteiger partial charge in [-0.1, -0.05) is 37.6 Å². The molecule has 0 unspecified atom stereocenters. The second-order valence-electron chi connectivity index (χ2n) is 5.25. The van der Waals surface area contributed by atoms with Crippen molar-refractivity contribution in [1.29, 1.82) is 0 Å². The second kappa shape index (κ2) is 5.78. The molecule has 0 heterocycles. The summed E-state index contributed by atoms with van der Waals surface area (Å²) in [5, 5.41) is 12.6. The Kier molecular flexibility index (Phi) is 4.08.